The number of halogens is 1. The molecule has 10 nitrogen and oxygen atoms in total. The van der Waals surface area contributed by atoms with E-state index in [1.54, 1.807) is 39.2 Å². The van der Waals surface area contributed by atoms with E-state index in [0.717, 1.165) is 32.1 Å². The number of sulfonamides is 1. The van der Waals surface area contributed by atoms with Gasteiger partial charge in [-0.05, 0) is 106 Å². The number of hydrogen-bond acceptors (Lipinski definition) is 8. The molecule has 12 heteroatoms. The Balaban J connectivity index is 1.45. The lowest BCUT2D eigenvalue weighted by Gasteiger charge is -2.46. The minimum absolute atomic E-state index is 0.0273. The van der Waals surface area contributed by atoms with Crippen molar-refractivity contribution in [3.63, 3.8) is 0 Å². The Labute approximate surface area is 282 Å². The second kappa shape index (κ2) is 12.6. The number of anilines is 1. The van der Waals surface area contributed by atoms with E-state index in [2.05, 4.69) is 15.7 Å². The molecule has 1 saturated carbocycles. The van der Waals surface area contributed by atoms with Crippen LogP contribution in [0.1, 0.15) is 57.6 Å². The highest BCUT2D eigenvalue weighted by Crippen LogP contribution is 2.47. The molecule has 2 aromatic carbocycles. The van der Waals surface area contributed by atoms with Crippen LogP contribution in [-0.4, -0.2) is 76.9 Å². The topological polar surface area (TPSA) is 114 Å². The molecule has 1 N–H and O–H groups in total. The third-order valence-electron chi connectivity index (χ3n) is 10.1. The van der Waals surface area contributed by atoms with E-state index in [9.17, 15) is 18.0 Å². The van der Waals surface area contributed by atoms with Crippen LogP contribution < -0.4 is 14.4 Å². The van der Waals surface area contributed by atoms with Crippen molar-refractivity contribution < 1.29 is 32.2 Å². The van der Waals surface area contributed by atoms with E-state index in [0.29, 0.717) is 36.2 Å². The molecule has 2 heterocycles. The van der Waals surface area contributed by atoms with Gasteiger partial charge in [-0.15, -0.1) is 0 Å². The third-order valence-corrected chi connectivity index (χ3v) is 11.7. The molecule has 2 aliphatic heterocycles. The molecule has 0 radical (unpaired) electrons. The van der Waals surface area contributed by atoms with Crippen LogP contribution >= 0.6 is 11.6 Å². The average molecular weight is 686 g/mol. The van der Waals surface area contributed by atoms with Gasteiger partial charge in [-0.25, -0.2) is 17.9 Å². The number of nitrogens with zero attached hydrogens (tertiary/aromatic N) is 2. The maximum atomic E-state index is 13.6. The lowest BCUT2D eigenvalue weighted by atomic mass is 9.68. The average Bonchev–Trinajstić information content (AvgIpc) is 3.14. The van der Waals surface area contributed by atoms with Gasteiger partial charge in [0.25, 0.3) is 15.9 Å². The molecule has 2 amide bonds. The summed E-state index contributed by atoms with van der Waals surface area (Å²) in [6.45, 7) is 6.45. The standard InChI is InChI=1S/C35H44ClN3O7S/c1-22-8-14-30(45-33(41)38(4)5)27-12-9-24(27)19-39-20-35(16-6-7-23-17-25(36)10-13-28(23)35)21-44-31-15-11-26(18-29(31)39)47(42,43)37-32(40)34(2,3)46-22/h8,10-11,13-15,17-18,22,24,27,30H,6-7,9,12,16,19-21H2,1-5H3,(H,37,40)/b14-8+/t22?,24-,27+,30-,35-/m0/s1. The Morgan fingerprint density at radius 2 is 1.91 bits per heavy atom. The van der Waals surface area contributed by atoms with Crippen molar-refractivity contribution >= 4 is 39.3 Å². The van der Waals surface area contributed by atoms with Gasteiger partial charge in [-0.1, -0.05) is 23.7 Å². The van der Waals surface area contributed by atoms with Gasteiger partial charge in [0, 0.05) is 43.5 Å². The number of nitrogens with one attached hydrogen (secondary N) is 1. The summed E-state index contributed by atoms with van der Waals surface area (Å²) in [5, 5.41) is 0.701. The predicted molar refractivity (Wildman–Crippen MR) is 179 cm³/mol. The van der Waals surface area contributed by atoms with Gasteiger partial charge in [0.15, 0.2) is 0 Å². The Morgan fingerprint density at radius 1 is 1.13 bits per heavy atom. The highest BCUT2D eigenvalue weighted by atomic mass is 35.5. The normalized spacial score (nSPS) is 30.3. The van der Waals surface area contributed by atoms with Crippen LogP contribution in [0.2, 0.25) is 5.02 Å². The summed E-state index contributed by atoms with van der Waals surface area (Å²) in [4.78, 5) is 29.7. The van der Waals surface area contributed by atoms with E-state index < -0.39 is 39.8 Å². The minimum atomic E-state index is -4.24. The number of aryl methyl sites for hydroxylation is 1. The quantitative estimate of drug-likeness (QED) is 0.394. The minimum Gasteiger partial charge on any atom is -0.490 e. The molecule has 5 atom stereocenters. The summed E-state index contributed by atoms with van der Waals surface area (Å²) < 4.78 is 48.1. The first-order valence-corrected chi connectivity index (χ1v) is 18.2. The van der Waals surface area contributed by atoms with Crippen molar-refractivity contribution in [1.29, 1.82) is 0 Å². The Hall–Kier alpha value is -3.28. The summed E-state index contributed by atoms with van der Waals surface area (Å²) in [7, 11) is -0.937. The molecule has 254 valence electrons. The summed E-state index contributed by atoms with van der Waals surface area (Å²) in [5.41, 5.74) is 1.23. The van der Waals surface area contributed by atoms with Gasteiger partial charge in [-0.2, -0.15) is 0 Å². The summed E-state index contributed by atoms with van der Waals surface area (Å²) >= 11 is 6.42. The van der Waals surface area contributed by atoms with Gasteiger partial charge < -0.3 is 24.0 Å². The van der Waals surface area contributed by atoms with Crippen molar-refractivity contribution in [2.45, 2.75) is 81.0 Å². The molecule has 0 saturated heterocycles. The number of carbonyl (C=O) groups excluding carboxylic acids is 2. The highest BCUT2D eigenvalue weighted by Gasteiger charge is 2.45. The van der Waals surface area contributed by atoms with E-state index in [1.807, 2.05) is 18.2 Å². The van der Waals surface area contributed by atoms with Crippen molar-refractivity contribution in [2.24, 2.45) is 11.8 Å². The zero-order chi connectivity index (χ0) is 33.7. The molecule has 1 spiro atoms. The molecule has 1 unspecified atom stereocenters. The van der Waals surface area contributed by atoms with Crippen LogP contribution in [0.5, 0.6) is 5.75 Å². The van der Waals surface area contributed by atoms with Crippen molar-refractivity contribution in [2.75, 3.05) is 38.7 Å². The van der Waals surface area contributed by atoms with E-state index in [-0.39, 0.29) is 22.1 Å². The molecule has 2 aromatic rings. The lowest BCUT2D eigenvalue weighted by Crippen LogP contribution is -2.50. The van der Waals surface area contributed by atoms with Gasteiger partial charge in [0.1, 0.15) is 17.5 Å². The monoisotopic (exact) mass is 685 g/mol. The van der Waals surface area contributed by atoms with Crippen molar-refractivity contribution in [3.05, 3.63) is 64.7 Å². The number of amides is 2. The summed E-state index contributed by atoms with van der Waals surface area (Å²) in [6, 6.07) is 10.8. The SMILES string of the molecule is CC1/C=C/[C@H](OC(=O)N(C)C)[C@@H]2CC[C@H]2CN2C[C@@]3(CCCc4cc(Cl)ccc43)COc3ccc(cc32)S(=O)(=O)NC(=O)C(C)(C)O1. The first-order valence-electron chi connectivity index (χ1n) is 16.3. The molecule has 6 rings (SSSR count). The van der Waals surface area contributed by atoms with Crippen LogP contribution in [0.3, 0.4) is 0 Å². The van der Waals surface area contributed by atoms with Crippen molar-refractivity contribution in [3.8, 4) is 5.75 Å². The third kappa shape index (κ3) is 6.71. The largest absolute Gasteiger partial charge is 0.490 e. The number of hydrogen-bond donors (Lipinski definition) is 1. The summed E-state index contributed by atoms with van der Waals surface area (Å²) in [6.07, 6.45) is 6.70. The van der Waals surface area contributed by atoms with Gasteiger partial charge in [-0.3, -0.25) is 4.79 Å². The molecular weight excluding hydrogens is 642 g/mol. The molecule has 2 bridgehead atoms. The number of fused-ring (bicyclic) bond motifs is 4. The van der Waals surface area contributed by atoms with Crippen LogP contribution in [0.4, 0.5) is 10.5 Å². The fourth-order valence-corrected chi connectivity index (χ4v) is 8.73. The Kier molecular flexibility index (Phi) is 9.04. The first-order chi connectivity index (χ1) is 22.2. The zero-order valence-corrected chi connectivity index (χ0v) is 29.2. The number of carbonyl (C=O) groups is 2. The van der Waals surface area contributed by atoms with Crippen LogP contribution in [-0.2, 0) is 36.1 Å². The van der Waals surface area contributed by atoms with Gasteiger partial charge >= 0.3 is 6.09 Å². The maximum absolute atomic E-state index is 13.6. The smallest absolute Gasteiger partial charge is 0.409 e. The molecule has 0 aromatic heterocycles. The van der Waals surface area contributed by atoms with Crippen LogP contribution in [0, 0.1) is 11.8 Å². The van der Waals surface area contributed by atoms with Gasteiger partial charge in [0.05, 0.1) is 23.3 Å². The second-order valence-electron chi connectivity index (χ2n) is 14.1. The Morgan fingerprint density at radius 3 is 2.64 bits per heavy atom. The lowest BCUT2D eigenvalue weighted by molar-refractivity contribution is -0.144. The fraction of sp³-hybridized carbons (Fsp3) is 0.543. The van der Waals surface area contributed by atoms with Gasteiger partial charge in [0.2, 0.25) is 0 Å². The number of rotatable bonds is 1. The van der Waals surface area contributed by atoms with E-state index in [1.165, 1.54) is 35.9 Å². The fourth-order valence-electron chi connectivity index (χ4n) is 7.42. The predicted octanol–water partition coefficient (Wildman–Crippen LogP) is 5.46. The molecule has 4 aliphatic rings. The van der Waals surface area contributed by atoms with Crippen molar-refractivity contribution in [1.82, 2.24) is 9.62 Å². The maximum Gasteiger partial charge on any atom is 0.409 e. The first kappa shape index (κ1) is 33.6. The zero-order valence-electron chi connectivity index (χ0n) is 27.6. The highest BCUT2D eigenvalue weighted by molar-refractivity contribution is 7.90. The summed E-state index contributed by atoms with van der Waals surface area (Å²) in [5.74, 6) is -0.0342. The second-order valence-corrected chi connectivity index (χ2v) is 16.2. The van der Waals surface area contributed by atoms with E-state index >= 15 is 0 Å². The molecule has 1 fully saturated rings. The van der Waals surface area contributed by atoms with E-state index in [4.69, 9.17) is 25.8 Å². The van der Waals surface area contributed by atoms with Crippen LogP contribution in [0.15, 0.2) is 53.4 Å². The molecule has 2 aliphatic carbocycles. The van der Waals surface area contributed by atoms with Crippen LogP contribution in [0.25, 0.3) is 0 Å². The molecule has 47 heavy (non-hydrogen) atoms. The Bertz CT molecular complexity index is 1690. The number of benzene rings is 2. The molecular formula is C35H44ClN3O7S. The number of ether oxygens (including phenoxy) is 3.